The number of nitrogens with one attached hydrogen (secondary N) is 2. The molecular weight excluding hydrogens is 406 g/mol. The lowest BCUT2D eigenvalue weighted by Crippen LogP contribution is -2.41. The summed E-state index contributed by atoms with van der Waals surface area (Å²) in [6, 6.07) is 5.36. The summed E-state index contributed by atoms with van der Waals surface area (Å²) in [5.41, 5.74) is 0.0968. The minimum atomic E-state index is -1.25. The molecule has 172 valence electrons. The van der Waals surface area contributed by atoms with Crippen LogP contribution in [0.3, 0.4) is 0 Å². The maximum atomic E-state index is 12.2. The number of pyridine rings is 1. The molecule has 0 saturated carbocycles. The fraction of sp³-hybridized carbons (Fsp3) is 0.619. The average Bonchev–Trinajstić information content (AvgIpc) is 2.98. The van der Waals surface area contributed by atoms with Gasteiger partial charge in [-0.25, -0.2) is 0 Å². The summed E-state index contributed by atoms with van der Waals surface area (Å²) in [6.07, 6.45) is -2.58. The van der Waals surface area contributed by atoms with Gasteiger partial charge in [0.25, 0.3) is 0 Å². The lowest BCUT2D eigenvalue weighted by Gasteiger charge is -2.23. The molecule has 2 heterocycles. The van der Waals surface area contributed by atoms with E-state index in [9.17, 15) is 24.6 Å². The van der Waals surface area contributed by atoms with E-state index in [1.54, 1.807) is 32.2 Å². The van der Waals surface area contributed by atoms with Gasteiger partial charge in [0.2, 0.25) is 11.8 Å². The van der Waals surface area contributed by atoms with Crippen molar-refractivity contribution < 1.29 is 34.1 Å². The zero-order valence-electron chi connectivity index (χ0n) is 18.0. The summed E-state index contributed by atoms with van der Waals surface area (Å²) in [4.78, 5) is 39.9. The highest BCUT2D eigenvalue weighted by atomic mass is 16.5. The van der Waals surface area contributed by atoms with Crippen LogP contribution in [-0.4, -0.2) is 71.1 Å². The van der Waals surface area contributed by atoms with Crippen molar-refractivity contribution in [1.29, 1.82) is 0 Å². The molecule has 1 aromatic rings. The van der Waals surface area contributed by atoms with E-state index < -0.39 is 35.8 Å². The van der Waals surface area contributed by atoms with Crippen molar-refractivity contribution in [3.8, 4) is 0 Å². The molecule has 2 rings (SSSR count). The first kappa shape index (κ1) is 24.7. The number of rotatable bonds is 10. The largest absolute Gasteiger partial charge is 0.469 e. The Kier molecular flexibility index (Phi) is 8.90. The van der Waals surface area contributed by atoms with Gasteiger partial charge in [-0.2, -0.15) is 0 Å². The fourth-order valence-corrected chi connectivity index (χ4v) is 3.35. The molecule has 31 heavy (non-hydrogen) atoms. The Morgan fingerprint density at radius 2 is 1.81 bits per heavy atom. The van der Waals surface area contributed by atoms with Crippen molar-refractivity contribution in [3.05, 3.63) is 30.1 Å². The molecule has 4 N–H and O–H groups in total. The third kappa shape index (κ3) is 7.89. The number of hydrogen-bond donors (Lipinski definition) is 4. The average molecular weight is 437 g/mol. The SMILES string of the molecule is COC(=O)CC(C)(C)CC(=O)NC[C@@H]1O[C@@H](CC(=O)NCc2ccccn2)[C@H](O)[C@@H]1O. The van der Waals surface area contributed by atoms with Crippen molar-refractivity contribution in [3.63, 3.8) is 0 Å². The van der Waals surface area contributed by atoms with Gasteiger partial charge in [-0.3, -0.25) is 19.4 Å². The van der Waals surface area contributed by atoms with E-state index in [1.165, 1.54) is 7.11 Å². The summed E-state index contributed by atoms with van der Waals surface area (Å²) < 4.78 is 10.2. The van der Waals surface area contributed by atoms with Crippen LogP contribution in [0.25, 0.3) is 0 Å². The molecule has 0 aliphatic carbocycles. The third-order valence-corrected chi connectivity index (χ3v) is 5.03. The first-order valence-corrected chi connectivity index (χ1v) is 10.1. The maximum absolute atomic E-state index is 12.2. The minimum absolute atomic E-state index is 0.0303. The second-order valence-electron chi connectivity index (χ2n) is 8.39. The van der Waals surface area contributed by atoms with Gasteiger partial charge in [0.1, 0.15) is 18.3 Å². The van der Waals surface area contributed by atoms with Gasteiger partial charge in [0, 0.05) is 19.2 Å². The molecule has 0 unspecified atom stereocenters. The fourth-order valence-electron chi connectivity index (χ4n) is 3.35. The molecular formula is C21H31N3O7. The first-order chi connectivity index (χ1) is 14.6. The summed E-state index contributed by atoms with van der Waals surface area (Å²) in [5, 5.41) is 25.8. The van der Waals surface area contributed by atoms with E-state index >= 15 is 0 Å². The van der Waals surface area contributed by atoms with E-state index in [1.807, 2.05) is 6.07 Å². The van der Waals surface area contributed by atoms with Gasteiger partial charge in [-0.05, 0) is 17.5 Å². The second-order valence-corrected chi connectivity index (χ2v) is 8.39. The molecule has 2 amide bonds. The summed E-state index contributed by atoms with van der Waals surface area (Å²) in [5.74, 6) is -1.08. The number of amides is 2. The van der Waals surface area contributed by atoms with E-state index in [0.29, 0.717) is 5.69 Å². The lowest BCUT2D eigenvalue weighted by atomic mass is 9.85. The zero-order valence-corrected chi connectivity index (χ0v) is 18.0. The molecule has 0 bridgehead atoms. The number of nitrogens with zero attached hydrogens (tertiary/aromatic N) is 1. The van der Waals surface area contributed by atoms with Crippen LogP contribution < -0.4 is 10.6 Å². The quantitative estimate of drug-likeness (QED) is 0.364. The maximum Gasteiger partial charge on any atom is 0.306 e. The molecule has 4 atom stereocenters. The molecule has 1 saturated heterocycles. The molecule has 1 aliphatic rings. The molecule has 0 radical (unpaired) electrons. The minimum Gasteiger partial charge on any atom is -0.469 e. The van der Waals surface area contributed by atoms with Gasteiger partial charge in [0.15, 0.2) is 0 Å². The van der Waals surface area contributed by atoms with Crippen molar-refractivity contribution >= 4 is 17.8 Å². The number of carbonyl (C=O) groups is 3. The summed E-state index contributed by atoms with van der Waals surface area (Å²) in [6.45, 7) is 3.75. The first-order valence-electron chi connectivity index (χ1n) is 10.1. The highest BCUT2D eigenvalue weighted by Gasteiger charge is 2.43. The topological polar surface area (TPSA) is 147 Å². The van der Waals surface area contributed by atoms with Gasteiger partial charge in [0.05, 0.1) is 38.3 Å². The molecule has 0 spiro atoms. The number of aliphatic hydroxyl groups excluding tert-OH is 2. The summed E-state index contributed by atoms with van der Waals surface area (Å²) >= 11 is 0. The monoisotopic (exact) mass is 437 g/mol. The molecule has 0 aromatic carbocycles. The number of ether oxygens (including phenoxy) is 2. The number of hydrogen-bond acceptors (Lipinski definition) is 8. The number of aromatic nitrogens is 1. The van der Waals surface area contributed by atoms with Crippen LogP contribution in [0.15, 0.2) is 24.4 Å². The van der Waals surface area contributed by atoms with E-state index in [0.717, 1.165) is 0 Å². The Labute approximate surface area is 181 Å². The third-order valence-electron chi connectivity index (χ3n) is 5.03. The van der Waals surface area contributed by atoms with Crippen LogP contribution in [0.1, 0.15) is 38.8 Å². The molecule has 10 heteroatoms. The predicted molar refractivity (Wildman–Crippen MR) is 109 cm³/mol. The predicted octanol–water partition coefficient (Wildman–Crippen LogP) is -0.327. The van der Waals surface area contributed by atoms with E-state index in [-0.39, 0.29) is 44.2 Å². The van der Waals surface area contributed by atoms with Crippen LogP contribution in [0.5, 0.6) is 0 Å². The Morgan fingerprint density at radius 3 is 2.45 bits per heavy atom. The highest BCUT2D eigenvalue weighted by molar-refractivity contribution is 5.78. The smallest absolute Gasteiger partial charge is 0.306 e. The summed E-state index contributed by atoms with van der Waals surface area (Å²) in [7, 11) is 1.29. The number of carbonyl (C=O) groups excluding carboxylic acids is 3. The zero-order chi connectivity index (χ0) is 23.0. The Hall–Kier alpha value is -2.56. The second kappa shape index (κ2) is 11.2. The van der Waals surface area contributed by atoms with Gasteiger partial charge in [-0.1, -0.05) is 19.9 Å². The lowest BCUT2D eigenvalue weighted by molar-refractivity contribution is -0.143. The Morgan fingerprint density at radius 1 is 1.10 bits per heavy atom. The van der Waals surface area contributed by atoms with Gasteiger partial charge in [-0.15, -0.1) is 0 Å². The number of methoxy groups -OCH3 is 1. The van der Waals surface area contributed by atoms with Crippen molar-refractivity contribution in [1.82, 2.24) is 15.6 Å². The van der Waals surface area contributed by atoms with Crippen LogP contribution in [0.2, 0.25) is 0 Å². The van der Waals surface area contributed by atoms with E-state index in [2.05, 4.69) is 20.4 Å². The molecule has 1 aliphatic heterocycles. The highest BCUT2D eigenvalue weighted by Crippen LogP contribution is 2.26. The van der Waals surface area contributed by atoms with Crippen LogP contribution >= 0.6 is 0 Å². The standard InChI is InChI=1S/C21H31N3O7/c1-21(2,10-18(27)30-3)9-17(26)24-12-15-20(29)19(28)14(31-15)8-16(25)23-11-13-6-4-5-7-22-13/h4-7,14-15,19-20,28-29H,8-12H2,1-3H3,(H,23,25)(H,24,26)/t14-,15-,19-,20+/m0/s1. The Bertz CT molecular complexity index is 757. The molecule has 10 nitrogen and oxygen atoms in total. The van der Waals surface area contributed by atoms with E-state index in [4.69, 9.17) is 4.74 Å². The Balaban J connectivity index is 1.77. The van der Waals surface area contributed by atoms with Crippen LogP contribution in [-0.2, 0) is 30.4 Å². The van der Waals surface area contributed by atoms with Crippen LogP contribution in [0, 0.1) is 5.41 Å². The molecule has 1 fully saturated rings. The normalized spacial score (nSPS) is 23.3. The number of aliphatic hydroxyl groups is 2. The number of esters is 1. The van der Waals surface area contributed by atoms with Crippen molar-refractivity contribution in [2.45, 2.75) is 64.1 Å². The van der Waals surface area contributed by atoms with Crippen molar-refractivity contribution in [2.24, 2.45) is 5.41 Å². The van der Waals surface area contributed by atoms with Crippen molar-refractivity contribution in [2.75, 3.05) is 13.7 Å². The van der Waals surface area contributed by atoms with Gasteiger partial charge >= 0.3 is 5.97 Å². The van der Waals surface area contributed by atoms with Crippen LogP contribution in [0.4, 0.5) is 0 Å². The molecule has 1 aromatic heterocycles. The van der Waals surface area contributed by atoms with Gasteiger partial charge < -0.3 is 30.3 Å².